The van der Waals surface area contributed by atoms with Gasteiger partial charge in [-0.1, -0.05) is 41.6 Å². The number of rotatable bonds is 6. The molecule has 2 amide bonds. The van der Waals surface area contributed by atoms with Crippen molar-refractivity contribution in [2.75, 3.05) is 11.9 Å². The standard InChI is InChI=1S/C25H25N3O2S/c1-17-10-11-22(18(2)14-17)31-25-21(8-4-12-26-25)24(30)27-20-7-3-6-19(15-20)16-28-13-5-9-23(28)29/h3-4,6-8,10-12,14-15H,5,9,13,16H2,1-2H3,(H,27,30). The summed E-state index contributed by atoms with van der Waals surface area (Å²) in [7, 11) is 0. The lowest BCUT2D eigenvalue weighted by Gasteiger charge is -2.16. The molecule has 1 saturated heterocycles. The van der Waals surface area contributed by atoms with Crippen LogP contribution in [-0.4, -0.2) is 28.2 Å². The number of aryl methyl sites for hydroxylation is 2. The van der Waals surface area contributed by atoms with Crippen LogP contribution in [0.1, 0.15) is 39.9 Å². The van der Waals surface area contributed by atoms with Crippen LogP contribution in [0.3, 0.4) is 0 Å². The second kappa shape index (κ2) is 9.35. The molecule has 6 heteroatoms. The summed E-state index contributed by atoms with van der Waals surface area (Å²) >= 11 is 1.50. The maximum atomic E-state index is 13.0. The number of pyridine rings is 1. The molecule has 1 fully saturated rings. The highest BCUT2D eigenvalue weighted by Crippen LogP contribution is 2.32. The lowest BCUT2D eigenvalue weighted by atomic mass is 10.1. The number of nitrogens with one attached hydrogen (secondary N) is 1. The number of anilines is 1. The number of hydrogen-bond donors (Lipinski definition) is 1. The van der Waals surface area contributed by atoms with Gasteiger partial charge in [0.25, 0.3) is 5.91 Å². The fourth-order valence-electron chi connectivity index (χ4n) is 3.70. The normalized spacial score (nSPS) is 13.5. The van der Waals surface area contributed by atoms with Crippen LogP contribution < -0.4 is 5.32 Å². The number of hydrogen-bond acceptors (Lipinski definition) is 4. The monoisotopic (exact) mass is 431 g/mol. The highest BCUT2D eigenvalue weighted by atomic mass is 32.2. The summed E-state index contributed by atoms with van der Waals surface area (Å²) in [5.41, 5.74) is 4.61. The van der Waals surface area contributed by atoms with Crippen molar-refractivity contribution in [2.24, 2.45) is 0 Å². The quantitative estimate of drug-likeness (QED) is 0.581. The second-order valence-electron chi connectivity index (χ2n) is 7.80. The summed E-state index contributed by atoms with van der Waals surface area (Å²) in [6.07, 6.45) is 3.24. The van der Waals surface area contributed by atoms with E-state index in [0.29, 0.717) is 29.2 Å². The van der Waals surface area contributed by atoms with Gasteiger partial charge in [0.05, 0.1) is 5.56 Å². The molecule has 1 aliphatic heterocycles. The van der Waals surface area contributed by atoms with Gasteiger partial charge in [-0.3, -0.25) is 9.59 Å². The molecule has 1 aromatic heterocycles. The van der Waals surface area contributed by atoms with E-state index in [4.69, 9.17) is 0 Å². The molecular weight excluding hydrogens is 406 g/mol. The summed E-state index contributed by atoms with van der Waals surface area (Å²) in [5, 5.41) is 3.66. The van der Waals surface area contributed by atoms with Crippen molar-refractivity contribution in [3.63, 3.8) is 0 Å². The Hall–Kier alpha value is -3.12. The van der Waals surface area contributed by atoms with Crippen molar-refractivity contribution in [1.29, 1.82) is 0 Å². The van der Waals surface area contributed by atoms with E-state index in [0.717, 1.165) is 29.0 Å². The van der Waals surface area contributed by atoms with Crippen LogP contribution in [0.15, 0.2) is 70.7 Å². The Morgan fingerprint density at radius 3 is 2.77 bits per heavy atom. The van der Waals surface area contributed by atoms with Gasteiger partial charge in [-0.15, -0.1) is 0 Å². The molecule has 1 N–H and O–H groups in total. The SMILES string of the molecule is Cc1ccc(Sc2ncccc2C(=O)Nc2cccc(CN3CCCC3=O)c2)c(C)c1. The third-order valence-electron chi connectivity index (χ3n) is 5.28. The van der Waals surface area contributed by atoms with Crippen molar-refractivity contribution in [1.82, 2.24) is 9.88 Å². The summed E-state index contributed by atoms with van der Waals surface area (Å²) in [5.74, 6) is -0.00683. The van der Waals surface area contributed by atoms with Crippen LogP contribution >= 0.6 is 11.8 Å². The molecule has 2 aromatic carbocycles. The first-order valence-electron chi connectivity index (χ1n) is 10.4. The maximum absolute atomic E-state index is 13.0. The zero-order chi connectivity index (χ0) is 21.8. The fourth-order valence-corrected chi connectivity index (χ4v) is 4.65. The van der Waals surface area contributed by atoms with E-state index in [2.05, 4.69) is 42.3 Å². The maximum Gasteiger partial charge on any atom is 0.258 e. The zero-order valence-corrected chi connectivity index (χ0v) is 18.5. The summed E-state index contributed by atoms with van der Waals surface area (Å²) in [6, 6.07) is 17.5. The molecule has 2 heterocycles. The molecule has 0 bridgehead atoms. The third-order valence-corrected chi connectivity index (χ3v) is 6.48. The number of carbonyl (C=O) groups is 2. The molecule has 0 radical (unpaired) electrons. The summed E-state index contributed by atoms with van der Waals surface area (Å²) < 4.78 is 0. The van der Waals surface area contributed by atoms with Gasteiger partial charge in [0.2, 0.25) is 5.91 Å². The van der Waals surface area contributed by atoms with E-state index >= 15 is 0 Å². The first-order valence-corrected chi connectivity index (χ1v) is 11.2. The predicted octanol–water partition coefficient (Wildman–Crippen LogP) is 5.22. The van der Waals surface area contributed by atoms with Gasteiger partial charge >= 0.3 is 0 Å². The highest BCUT2D eigenvalue weighted by molar-refractivity contribution is 7.99. The molecule has 0 unspecified atom stereocenters. The number of aromatic nitrogens is 1. The Kier molecular flexibility index (Phi) is 6.37. The Labute approximate surface area is 186 Å². The van der Waals surface area contributed by atoms with Crippen molar-refractivity contribution in [2.45, 2.75) is 43.2 Å². The number of likely N-dealkylation sites (tertiary alicyclic amines) is 1. The Morgan fingerprint density at radius 1 is 1.13 bits per heavy atom. The Balaban J connectivity index is 1.50. The van der Waals surface area contributed by atoms with Crippen molar-refractivity contribution in [3.05, 3.63) is 83.0 Å². The van der Waals surface area contributed by atoms with Crippen molar-refractivity contribution >= 4 is 29.3 Å². The highest BCUT2D eigenvalue weighted by Gasteiger charge is 2.20. The Morgan fingerprint density at radius 2 is 2.00 bits per heavy atom. The average molecular weight is 432 g/mol. The van der Waals surface area contributed by atoms with Gasteiger partial charge in [0, 0.05) is 36.3 Å². The fraction of sp³-hybridized carbons (Fsp3) is 0.240. The van der Waals surface area contributed by atoms with E-state index in [1.807, 2.05) is 29.2 Å². The lowest BCUT2D eigenvalue weighted by molar-refractivity contribution is -0.128. The molecule has 5 nitrogen and oxygen atoms in total. The van der Waals surface area contributed by atoms with Crippen LogP contribution in [0, 0.1) is 13.8 Å². The van der Waals surface area contributed by atoms with Gasteiger partial charge in [-0.25, -0.2) is 4.98 Å². The number of nitrogens with zero attached hydrogens (tertiary/aromatic N) is 2. The largest absolute Gasteiger partial charge is 0.338 e. The van der Waals surface area contributed by atoms with Gasteiger partial charge in [-0.05, 0) is 61.7 Å². The van der Waals surface area contributed by atoms with Crippen LogP contribution in [-0.2, 0) is 11.3 Å². The first kappa shape index (κ1) is 21.1. The van der Waals surface area contributed by atoms with E-state index in [1.165, 1.54) is 17.3 Å². The van der Waals surface area contributed by atoms with Gasteiger partial charge in [0.1, 0.15) is 5.03 Å². The topological polar surface area (TPSA) is 62.3 Å². The minimum atomic E-state index is -0.199. The zero-order valence-electron chi connectivity index (χ0n) is 17.7. The van der Waals surface area contributed by atoms with Gasteiger partial charge in [0.15, 0.2) is 0 Å². The van der Waals surface area contributed by atoms with Crippen molar-refractivity contribution in [3.8, 4) is 0 Å². The first-order chi connectivity index (χ1) is 15.0. The van der Waals surface area contributed by atoms with E-state index < -0.39 is 0 Å². The predicted molar refractivity (Wildman–Crippen MR) is 123 cm³/mol. The molecule has 0 atom stereocenters. The average Bonchev–Trinajstić information content (AvgIpc) is 3.15. The minimum Gasteiger partial charge on any atom is -0.338 e. The number of benzene rings is 2. The molecule has 0 spiro atoms. The second-order valence-corrected chi connectivity index (χ2v) is 8.83. The van der Waals surface area contributed by atoms with E-state index in [1.54, 1.807) is 18.3 Å². The minimum absolute atomic E-state index is 0.192. The molecular formula is C25H25N3O2S. The van der Waals surface area contributed by atoms with Crippen LogP contribution in [0.25, 0.3) is 0 Å². The third kappa shape index (κ3) is 5.14. The Bertz CT molecular complexity index is 1130. The molecule has 0 saturated carbocycles. The smallest absolute Gasteiger partial charge is 0.258 e. The van der Waals surface area contributed by atoms with Crippen molar-refractivity contribution < 1.29 is 9.59 Å². The summed E-state index contributed by atoms with van der Waals surface area (Å²) in [6.45, 7) is 5.50. The number of carbonyl (C=O) groups excluding carboxylic acids is 2. The van der Waals surface area contributed by atoms with Gasteiger partial charge in [-0.2, -0.15) is 0 Å². The van der Waals surface area contributed by atoms with E-state index in [9.17, 15) is 9.59 Å². The van der Waals surface area contributed by atoms with Gasteiger partial charge < -0.3 is 10.2 Å². The van der Waals surface area contributed by atoms with Crippen LogP contribution in [0.2, 0.25) is 0 Å². The molecule has 3 aromatic rings. The van der Waals surface area contributed by atoms with Crippen LogP contribution in [0.5, 0.6) is 0 Å². The van der Waals surface area contributed by atoms with Crippen LogP contribution in [0.4, 0.5) is 5.69 Å². The summed E-state index contributed by atoms with van der Waals surface area (Å²) in [4.78, 5) is 32.3. The molecule has 31 heavy (non-hydrogen) atoms. The lowest BCUT2D eigenvalue weighted by Crippen LogP contribution is -2.23. The van der Waals surface area contributed by atoms with E-state index in [-0.39, 0.29) is 11.8 Å². The molecule has 158 valence electrons. The molecule has 4 rings (SSSR count). The number of amides is 2. The molecule has 1 aliphatic rings. The molecule has 0 aliphatic carbocycles.